The van der Waals surface area contributed by atoms with Gasteiger partial charge in [0.25, 0.3) is 0 Å². The Labute approximate surface area is 174 Å². The van der Waals surface area contributed by atoms with Gasteiger partial charge in [0, 0.05) is 16.3 Å². The number of quaternary nitrogens is 1. The lowest BCUT2D eigenvalue weighted by Crippen LogP contribution is -3.16. The van der Waals surface area contributed by atoms with Gasteiger partial charge in [-0.25, -0.2) is 0 Å². The highest BCUT2D eigenvalue weighted by Gasteiger charge is 2.23. The van der Waals surface area contributed by atoms with Gasteiger partial charge in [0.15, 0.2) is 0 Å². The summed E-state index contributed by atoms with van der Waals surface area (Å²) in [5.74, 6) is 1.11. The van der Waals surface area contributed by atoms with Gasteiger partial charge in [0.2, 0.25) is 12.3 Å². The lowest BCUT2D eigenvalue weighted by atomic mass is 10.2. The summed E-state index contributed by atoms with van der Waals surface area (Å²) in [6.07, 6.45) is 0.761. The molecule has 1 aromatic heterocycles. The van der Waals surface area contributed by atoms with Crippen LogP contribution in [0.5, 0.6) is 5.75 Å². The quantitative estimate of drug-likeness (QED) is 0.609. The zero-order valence-corrected chi connectivity index (χ0v) is 16.8. The van der Waals surface area contributed by atoms with Gasteiger partial charge >= 0.3 is 0 Å². The maximum atomic E-state index is 10.4. The van der Waals surface area contributed by atoms with E-state index in [9.17, 15) is 5.11 Å². The summed E-state index contributed by atoms with van der Waals surface area (Å²) in [6.45, 7) is 4.72. The van der Waals surface area contributed by atoms with Crippen LogP contribution < -0.4 is 14.5 Å². The van der Waals surface area contributed by atoms with Gasteiger partial charge in [0.05, 0.1) is 26.2 Å². The predicted octanol–water partition coefficient (Wildman–Crippen LogP) is 1.53. The normalized spacial score (nSPS) is 16.0. The van der Waals surface area contributed by atoms with E-state index in [1.165, 1.54) is 11.3 Å². The van der Waals surface area contributed by atoms with E-state index >= 15 is 0 Å². The first kappa shape index (κ1) is 19.7. The first-order chi connectivity index (χ1) is 14.2. The smallest absolute Gasteiger partial charge is 0.247 e. The van der Waals surface area contributed by atoms with Crippen LogP contribution in [0.2, 0.25) is 5.02 Å². The second-order valence-corrected chi connectivity index (χ2v) is 7.59. The van der Waals surface area contributed by atoms with Gasteiger partial charge in [-0.2, -0.15) is 0 Å². The SMILES string of the molecule is O[C@@H](COc1cccc(-c2nnco2)c1)C[NH+]1CCN(c2cccc(Cl)c2)CC1. The molecule has 0 saturated carbocycles. The number of nitrogens with zero attached hydrogens (tertiary/aromatic N) is 3. The van der Waals surface area contributed by atoms with Crippen molar-refractivity contribution >= 4 is 17.3 Å². The number of aromatic nitrogens is 2. The Hall–Kier alpha value is -2.61. The molecule has 0 radical (unpaired) electrons. The number of nitrogens with one attached hydrogen (secondary N) is 1. The number of hydrogen-bond donors (Lipinski definition) is 2. The monoisotopic (exact) mass is 415 g/mol. The molecular weight excluding hydrogens is 392 g/mol. The molecule has 2 N–H and O–H groups in total. The number of halogens is 1. The summed E-state index contributed by atoms with van der Waals surface area (Å²) in [5.41, 5.74) is 1.94. The average molecular weight is 416 g/mol. The molecule has 0 unspecified atom stereocenters. The van der Waals surface area contributed by atoms with Crippen LogP contribution in [0.4, 0.5) is 5.69 Å². The summed E-state index contributed by atoms with van der Waals surface area (Å²) in [5, 5.41) is 18.8. The van der Waals surface area contributed by atoms with Gasteiger partial charge in [-0.05, 0) is 36.4 Å². The lowest BCUT2D eigenvalue weighted by molar-refractivity contribution is -0.903. The zero-order chi connectivity index (χ0) is 20.1. The second kappa shape index (κ2) is 9.26. The van der Waals surface area contributed by atoms with Gasteiger partial charge in [-0.1, -0.05) is 23.7 Å². The van der Waals surface area contributed by atoms with E-state index in [-0.39, 0.29) is 6.61 Å². The molecule has 8 heteroatoms. The third-order valence-corrected chi connectivity index (χ3v) is 5.29. The minimum absolute atomic E-state index is 0.245. The van der Waals surface area contributed by atoms with Crippen LogP contribution in [0.25, 0.3) is 11.5 Å². The number of benzene rings is 2. The minimum Gasteiger partial charge on any atom is -0.491 e. The van der Waals surface area contributed by atoms with Crippen molar-refractivity contribution in [3.63, 3.8) is 0 Å². The number of hydrogen-bond acceptors (Lipinski definition) is 6. The fraction of sp³-hybridized carbons (Fsp3) is 0.333. The van der Waals surface area contributed by atoms with Crippen LogP contribution >= 0.6 is 11.6 Å². The Morgan fingerprint density at radius 2 is 2.00 bits per heavy atom. The molecule has 152 valence electrons. The number of ether oxygens (including phenoxy) is 1. The van der Waals surface area contributed by atoms with Gasteiger partial charge in [-0.3, -0.25) is 0 Å². The molecule has 29 heavy (non-hydrogen) atoms. The molecule has 7 nitrogen and oxygen atoms in total. The van der Waals surface area contributed by atoms with Crippen LogP contribution in [0, 0.1) is 0 Å². The second-order valence-electron chi connectivity index (χ2n) is 7.16. The summed E-state index contributed by atoms with van der Waals surface area (Å²) in [4.78, 5) is 3.71. The highest BCUT2D eigenvalue weighted by molar-refractivity contribution is 6.30. The number of anilines is 1. The average Bonchev–Trinajstić information content (AvgIpc) is 3.28. The Balaban J connectivity index is 1.24. The van der Waals surface area contributed by atoms with E-state index in [4.69, 9.17) is 20.8 Å². The molecule has 0 amide bonds. The van der Waals surface area contributed by atoms with Crippen molar-refractivity contribution in [2.45, 2.75) is 6.10 Å². The fourth-order valence-electron chi connectivity index (χ4n) is 3.56. The predicted molar refractivity (Wildman–Crippen MR) is 110 cm³/mol. The first-order valence-corrected chi connectivity index (χ1v) is 10.1. The lowest BCUT2D eigenvalue weighted by Gasteiger charge is -2.34. The molecule has 4 rings (SSSR count). The molecule has 2 heterocycles. The Bertz CT molecular complexity index is 914. The molecular formula is C21H24ClN4O3+. The maximum absolute atomic E-state index is 10.4. The van der Waals surface area contributed by atoms with Crippen molar-refractivity contribution < 1.29 is 19.2 Å². The maximum Gasteiger partial charge on any atom is 0.247 e. The number of aliphatic hydroxyl groups excluding tert-OH is 1. The molecule has 1 aliphatic heterocycles. The summed E-state index contributed by atoms with van der Waals surface area (Å²) >= 11 is 6.09. The summed E-state index contributed by atoms with van der Waals surface area (Å²) in [7, 11) is 0. The van der Waals surface area contributed by atoms with Gasteiger partial charge in [-0.15, -0.1) is 10.2 Å². The molecule has 2 aromatic carbocycles. The Kier molecular flexibility index (Phi) is 6.29. The van der Waals surface area contributed by atoms with Gasteiger partial charge in [0.1, 0.15) is 25.0 Å². The third kappa shape index (κ3) is 5.26. The zero-order valence-electron chi connectivity index (χ0n) is 16.0. The van der Waals surface area contributed by atoms with Crippen molar-refractivity contribution in [2.75, 3.05) is 44.2 Å². The molecule has 1 saturated heterocycles. The van der Waals surface area contributed by atoms with E-state index in [0.717, 1.165) is 42.5 Å². The molecule has 1 fully saturated rings. The highest BCUT2D eigenvalue weighted by atomic mass is 35.5. The molecule has 0 bridgehead atoms. The van der Waals surface area contributed by atoms with Crippen LogP contribution in [0.1, 0.15) is 0 Å². The molecule has 1 atom stereocenters. The van der Waals surface area contributed by atoms with Crippen molar-refractivity contribution in [1.82, 2.24) is 10.2 Å². The van der Waals surface area contributed by atoms with Crippen LogP contribution in [0.15, 0.2) is 59.3 Å². The highest BCUT2D eigenvalue weighted by Crippen LogP contribution is 2.22. The topological polar surface area (TPSA) is 76.1 Å². The molecule has 0 spiro atoms. The molecule has 0 aliphatic carbocycles. The van der Waals surface area contributed by atoms with E-state index in [2.05, 4.69) is 21.2 Å². The van der Waals surface area contributed by atoms with Gasteiger partial charge < -0.3 is 24.1 Å². The number of piperazine rings is 1. The number of rotatable bonds is 7. The Morgan fingerprint density at radius 1 is 1.17 bits per heavy atom. The van der Waals surface area contributed by atoms with Crippen molar-refractivity contribution in [3.05, 3.63) is 59.9 Å². The number of aliphatic hydroxyl groups is 1. The van der Waals surface area contributed by atoms with Crippen molar-refractivity contribution in [1.29, 1.82) is 0 Å². The first-order valence-electron chi connectivity index (χ1n) is 9.69. The van der Waals surface area contributed by atoms with Crippen molar-refractivity contribution in [3.8, 4) is 17.2 Å². The largest absolute Gasteiger partial charge is 0.491 e. The fourth-order valence-corrected chi connectivity index (χ4v) is 3.74. The summed E-state index contributed by atoms with van der Waals surface area (Å²) < 4.78 is 11.0. The van der Waals surface area contributed by atoms with E-state index in [1.807, 2.05) is 42.5 Å². The van der Waals surface area contributed by atoms with E-state index in [1.54, 1.807) is 0 Å². The van der Waals surface area contributed by atoms with Crippen LogP contribution in [-0.4, -0.2) is 60.7 Å². The van der Waals surface area contributed by atoms with Crippen molar-refractivity contribution in [2.24, 2.45) is 0 Å². The minimum atomic E-state index is -0.533. The van der Waals surface area contributed by atoms with Crippen LogP contribution in [-0.2, 0) is 0 Å². The van der Waals surface area contributed by atoms with E-state index < -0.39 is 6.10 Å². The third-order valence-electron chi connectivity index (χ3n) is 5.05. The summed E-state index contributed by atoms with van der Waals surface area (Å²) in [6, 6.07) is 15.4. The molecule has 1 aliphatic rings. The van der Waals surface area contributed by atoms with Crippen LogP contribution in [0.3, 0.4) is 0 Å². The molecule has 3 aromatic rings. The standard InChI is InChI=1S/C21H23ClN4O3/c22-17-4-2-5-18(12-17)26-9-7-25(8-10-26)13-19(27)14-28-20-6-1-3-16(11-20)21-24-23-15-29-21/h1-6,11-12,15,19,27H,7-10,13-14H2/p+1/t19-/m1/s1. The van der Waals surface area contributed by atoms with E-state index in [0.29, 0.717) is 18.2 Å². The Morgan fingerprint density at radius 3 is 2.76 bits per heavy atom.